The summed E-state index contributed by atoms with van der Waals surface area (Å²) >= 11 is 12.5. The quantitative estimate of drug-likeness (QED) is 0.324. The first-order chi connectivity index (χ1) is 20.9. The van der Waals surface area contributed by atoms with Gasteiger partial charge in [0.2, 0.25) is 5.91 Å². The van der Waals surface area contributed by atoms with Crippen LogP contribution in [0.25, 0.3) is 11.1 Å². The molecule has 226 valence electrons. The summed E-state index contributed by atoms with van der Waals surface area (Å²) in [6, 6.07) is 13.9. The third-order valence-electron chi connectivity index (χ3n) is 8.22. The van der Waals surface area contributed by atoms with Gasteiger partial charge < -0.3 is 5.32 Å². The molecule has 2 heterocycles. The van der Waals surface area contributed by atoms with Crippen LogP contribution in [0.1, 0.15) is 22.4 Å². The molecule has 0 unspecified atom stereocenters. The molecule has 4 aromatic rings. The maximum atomic E-state index is 13.3. The van der Waals surface area contributed by atoms with Gasteiger partial charge in [-0.1, -0.05) is 47.5 Å². The minimum atomic E-state index is -3.52. The van der Waals surface area contributed by atoms with Crippen molar-refractivity contribution < 1.29 is 18.0 Å². The van der Waals surface area contributed by atoms with E-state index in [1.807, 2.05) is 24.3 Å². The van der Waals surface area contributed by atoms with E-state index in [-0.39, 0.29) is 27.0 Å². The highest BCUT2D eigenvalue weighted by Gasteiger charge is 2.50. The fourth-order valence-electron chi connectivity index (χ4n) is 6.10. The van der Waals surface area contributed by atoms with Gasteiger partial charge in [0.25, 0.3) is 5.56 Å². The molecule has 0 saturated carbocycles. The highest BCUT2D eigenvalue weighted by molar-refractivity contribution is 7.90. The Labute approximate surface area is 262 Å². The number of hydrogen-bond acceptors (Lipinski definition) is 7. The average Bonchev–Trinajstić information content (AvgIpc) is 3.48. The van der Waals surface area contributed by atoms with Gasteiger partial charge in [0.1, 0.15) is 22.2 Å². The summed E-state index contributed by atoms with van der Waals surface area (Å²) in [7, 11) is -3.52. The van der Waals surface area contributed by atoms with Gasteiger partial charge in [-0.3, -0.25) is 28.5 Å². The van der Waals surface area contributed by atoms with Gasteiger partial charge in [0.15, 0.2) is 0 Å². The number of rotatable bonds is 7. The SMILES string of the molecule is CS(=O)(=O)CCn1c(=O)c(-c2cccc(Cl)c2Cl)cn(CC(=O)Nc2ccc3c(c2)C[C@@]2(C3)C(=O)Cc3ncccc32)c1=O. The third-order valence-corrected chi connectivity index (χ3v) is 9.96. The molecule has 1 spiro atoms. The molecular formula is C31H26Cl2N4O6S. The zero-order chi connectivity index (χ0) is 31.4. The fraction of sp³-hybridized carbons (Fsp3) is 0.258. The van der Waals surface area contributed by atoms with Crippen molar-refractivity contribution in [2.45, 2.75) is 37.8 Å². The van der Waals surface area contributed by atoms with Crippen LogP contribution in [0.4, 0.5) is 5.69 Å². The Morgan fingerprint density at radius 3 is 2.57 bits per heavy atom. The molecule has 1 amide bonds. The van der Waals surface area contributed by atoms with E-state index in [9.17, 15) is 27.6 Å². The number of amides is 1. The number of benzene rings is 2. The summed E-state index contributed by atoms with van der Waals surface area (Å²) in [5.74, 6) is -0.877. The third kappa shape index (κ3) is 5.40. The second-order valence-electron chi connectivity index (χ2n) is 11.2. The maximum Gasteiger partial charge on any atom is 0.331 e. The van der Waals surface area contributed by atoms with Crippen molar-refractivity contribution in [1.82, 2.24) is 14.1 Å². The van der Waals surface area contributed by atoms with Gasteiger partial charge in [0, 0.05) is 42.9 Å². The van der Waals surface area contributed by atoms with Gasteiger partial charge >= 0.3 is 5.69 Å². The molecule has 44 heavy (non-hydrogen) atoms. The van der Waals surface area contributed by atoms with E-state index in [1.54, 1.807) is 24.4 Å². The number of carbonyl (C=O) groups excluding carboxylic acids is 2. The van der Waals surface area contributed by atoms with Crippen molar-refractivity contribution in [2.24, 2.45) is 0 Å². The van der Waals surface area contributed by atoms with E-state index >= 15 is 0 Å². The van der Waals surface area contributed by atoms with Crippen molar-refractivity contribution in [2.75, 3.05) is 17.3 Å². The van der Waals surface area contributed by atoms with Crippen molar-refractivity contribution in [3.05, 3.63) is 114 Å². The first-order valence-electron chi connectivity index (χ1n) is 13.7. The second kappa shape index (κ2) is 11.1. The Hall–Kier alpha value is -4.06. The highest BCUT2D eigenvalue weighted by Crippen LogP contribution is 2.46. The van der Waals surface area contributed by atoms with Gasteiger partial charge in [-0.15, -0.1) is 0 Å². The number of hydrogen-bond donors (Lipinski definition) is 1. The van der Waals surface area contributed by atoms with E-state index in [1.165, 1.54) is 12.3 Å². The van der Waals surface area contributed by atoms with Crippen LogP contribution in [0, 0.1) is 0 Å². The lowest BCUT2D eigenvalue weighted by Crippen LogP contribution is -2.43. The zero-order valence-corrected chi connectivity index (χ0v) is 25.8. The molecule has 0 saturated heterocycles. The van der Waals surface area contributed by atoms with E-state index < -0.39 is 51.3 Å². The molecule has 6 rings (SSSR count). The lowest BCUT2D eigenvalue weighted by Gasteiger charge is -2.22. The molecule has 0 fully saturated rings. The van der Waals surface area contributed by atoms with Crippen molar-refractivity contribution in [3.8, 4) is 11.1 Å². The number of carbonyl (C=O) groups is 2. The Bertz CT molecular complexity index is 2110. The Kier molecular flexibility index (Phi) is 7.59. The molecule has 1 atom stereocenters. The second-order valence-corrected chi connectivity index (χ2v) is 14.3. The number of pyridine rings is 1. The first-order valence-corrected chi connectivity index (χ1v) is 16.5. The summed E-state index contributed by atoms with van der Waals surface area (Å²) in [6.45, 7) is -0.879. The van der Waals surface area contributed by atoms with Crippen LogP contribution in [0.15, 0.2) is 70.5 Å². The standard InChI is InChI=1S/C31H26Cl2N4O6S/c1-44(42,43)11-10-37-29(40)22(21-4-2-6-24(32)28(21)33)16-36(30(37)41)17-27(39)35-20-8-7-18-14-31(15-19(18)12-20)23-5-3-9-34-25(23)13-26(31)38/h2-9,12,16H,10-11,13-15,17H2,1H3,(H,35,39)/t31-/m1/s1. The summed E-state index contributed by atoms with van der Waals surface area (Å²) in [6.07, 6.45) is 5.28. The highest BCUT2D eigenvalue weighted by atomic mass is 35.5. The normalized spacial score (nSPS) is 17.1. The van der Waals surface area contributed by atoms with Gasteiger partial charge in [-0.2, -0.15) is 0 Å². The van der Waals surface area contributed by atoms with Crippen LogP contribution in [-0.4, -0.2) is 46.2 Å². The molecule has 0 aliphatic heterocycles. The smallest absolute Gasteiger partial charge is 0.325 e. The minimum absolute atomic E-state index is 0.0165. The number of halogens is 2. The van der Waals surface area contributed by atoms with Crippen LogP contribution >= 0.6 is 23.2 Å². The minimum Gasteiger partial charge on any atom is -0.325 e. The maximum absolute atomic E-state index is 13.3. The van der Waals surface area contributed by atoms with Crippen LogP contribution in [-0.2, 0) is 57.2 Å². The molecular weight excluding hydrogens is 627 g/mol. The monoisotopic (exact) mass is 652 g/mol. The molecule has 2 aromatic carbocycles. The molecule has 2 aliphatic rings. The number of anilines is 1. The number of nitrogens with one attached hydrogen (secondary N) is 1. The predicted molar refractivity (Wildman–Crippen MR) is 167 cm³/mol. The number of aromatic nitrogens is 3. The molecule has 0 bridgehead atoms. The first kappa shape index (κ1) is 30.0. The van der Waals surface area contributed by atoms with Crippen molar-refractivity contribution >= 4 is 50.4 Å². The molecule has 10 nitrogen and oxygen atoms in total. The molecule has 1 N–H and O–H groups in total. The molecule has 0 radical (unpaired) electrons. The summed E-state index contributed by atoms with van der Waals surface area (Å²) in [5.41, 5.74) is 2.16. The number of fused-ring (bicyclic) bond motifs is 3. The van der Waals surface area contributed by atoms with E-state index in [0.29, 0.717) is 24.9 Å². The summed E-state index contributed by atoms with van der Waals surface area (Å²) < 4.78 is 25.5. The van der Waals surface area contributed by atoms with Crippen LogP contribution in [0.2, 0.25) is 10.0 Å². The molecule has 2 aromatic heterocycles. The van der Waals surface area contributed by atoms with Crippen LogP contribution in [0.3, 0.4) is 0 Å². The summed E-state index contributed by atoms with van der Waals surface area (Å²) in [4.78, 5) is 57.4. The van der Waals surface area contributed by atoms with E-state index in [4.69, 9.17) is 23.2 Å². The lowest BCUT2D eigenvalue weighted by atomic mass is 9.78. The van der Waals surface area contributed by atoms with Crippen LogP contribution in [0.5, 0.6) is 0 Å². The van der Waals surface area contributed by atoms with Gasteiger partial charge in [-0.25, -0.2) is 13.2 Å². The largest absolute Gasteiger partial charge is 0.331 e. The van der Waals surface area contributed by atoms with E-state index in [0.717, 1.165) is 37.8 Å². The lowest BCUT2D eigenvalue weighted by molar-refractivity contribution is -0.122. The fourth-order valence-corrected chi connectivity index (χ4v) is 7.02. The predicted octanol–water partition coefficient (Wildman–Crippen LogP) is 3.22. The van der Waals surface area contributed by atoms with Gasteiger partial charge in [0.05, 0.1) is 32.5 Å². The number of Topliss-reactive ketones (excluding diaryl/α,β-unsaturated/α-hetero) is 1. The number of sulfone groups is 1. The Balaban J connectivity index is 1.29. The van der Waals surface area contributed by atoms with Gasteiger partial charge in [-0.05, 0) is 53.8 Å². The number of nitrogens with zero attached hydrogens (tertiary/aromatic N) is 3. The average molecular weight is 654 g/mol. The molecule has 2 aliphatic carbocycles. The van der Waals surface area contributed by atoms with Crippen molar-refractivity contribution in [1.29, 1.82) is 0 Å². The zero-order valence-electron chi connectivity index (χ0n) is 23.5. The summed E-state index contributed by atoms with van der Waals surface area (Å²) in [5, 5.41) is 3.05. The van der Waals surface area contributed by atoms with E-state index in [2.05, 4.69) is 10.3 Å². The Morgan fingerprint density at radius 1 is 1.02 bits per heavy atom. The topological polar surface area (TPSA) is 137 Å². The van der Waals surface area contributed by atoms with Crippen LogP contribution < -0.4 is 16.6 Å². The number of ketones is 1. The Morgan fingerprint density at radius 2 is 1.80 bits per heavy atom. The molecule has 13 heteroatoms. The van der Waals surface area contributed by atoms with Crippen molar-refractivity contribution in [3.63, 3.8) is 0 Å².